The Hall–Kier alpha value is -1.73. The number of ether oxygens (including phenoxy) is 3. The minimum absolute atomic E-state index is 0. The smallest absolute Gasteiger partial charge is 0.387 e. The highest BCUT2D eigenvalue weighted by Crippen LogP contribution is 2.29. The van der Waals surface area contributed by atoms with Gasteiger partial charge in [0, 0.05) is 33.1 Å². The summed E-state index contributed by atoms with van der Waals surface area (Å²) in [5, 5.41) is 6.22. The van der Waals surface area contributed by atoms with E-state index in [0.29, 0.717) is 25.5 Å². The summed E-state index contributed by atoms with van der Waals surface area (Å²) in [5.41, 5.74) is 1.78. The molecule has 1 N–H and O–H groups in total. The number of benzene rings is 1. The van der Waals surface area contributed by atoms with Crippen molar-refractivity contribution >= 4 is 41.3 Å². The quantitative estimate of drug-likeness (QED) is 0.261. The number of rotatable bonds is 10. The lowest BCUT2D eigenvalue weighted by atomic mass is 10.1. The molecule has 0 saturated carbocycles. The van der Waals surface area contributed by atoms with Crippen LogP contribution < -0.4 is 14.8 Å². The first-order valence-electron chi connectivity index (χ1n) is 9.38. The maximum atomic E-state index is 12.6. The van der Waals surface area contributed by atoms with Gasteiger partial charge in [-0.1, -0.05) is 6.07 Å². The third kappa shape index (κ3) is 8.37. The molecule has 1 heterocycles. The molecule has 1 unspecified atom stereocenters. The van der Waals surface area contributed by atoms with Crippen LogP contribution in [0.5, 0.6) is 11.5 Å². The van der Waals surface area contributed by atoms with Gasteiger partial charge in [0.15, 0.2) is 17.5 Å². The molecule has 0 amide bonds. The van der Waals surface area contributed by atoms with Crippen molar-refractivity contribution in [2.24, 2.45) is 4.99 Å². The minimum atomic E-state index is -2.90. The zero-order chi connectivity index (χ0) is 22.1. The van der Waals surface area contributed by atoms with Crippen LogP contribution >= 0.6 is 35.3 Å². The normalized spacial score (nSPS) is 12.3. The van der Waals surface area contributed by atoms with Crippen LogP contribution in [-0.4, -0.2) is 57.3 Å². The number of alkyl halides is 2. The van der Waals surface area contributed by atoms with Crippen LogP contribution in [0.3, 0.4) is 0 Å². The van der Waals surface area contributed by atoms with Crippen molar-refractivity contribution in [1.29, 1.82) is 0 Å². The predicted octanol–water partition coefficient (Wildman–Crippen LogP) is 4.33. The maximum absolute atomic E-state index is 12.6. The molecule has 1 aromatic heterocycles. The number of nitrogens with one attached hydrogen (secondary N) is 1. The van der Waals surface area contributed by atoms with Gasteiger partial charge in [0.2, 0.25) is 0 Å². The first kappa shape index (κ1) is 27.3. The fraction of sp³-hybridized carbons (Fsp3) is 0.500. The fourth-order valence-electron chi connectivity index (χ4n) is 2.77. The number of thiazole rings is 1. The Morgan fingerprint density at radius 1 is 1.29 bits per heavy atom. The van der Waals surface area contributed by atoms with Gasteiger partial charge in [-0.15, -0.1) is 35.3 Å². The molecule has 0 fully saturated rings. The van der Waals surface area contributed by atoms with E-state index in [-0.39, 0.29) is 41.6 Å². The third-order valence-corrected chi connectivity index (χ3v) is 5.44. The summed E-state index contributed by atoms with van der Waals surface area (Å²) in [5.74, 6) is 1.01. The van der Waals surface area contributed by atoms with Gasteiger partial charge in [-0.3, -0.25) is 4.99 Å². The van der Waals surface area contributed by atoms with Crippen LogP contribution in [0, 0.1) is 0 Å². The summed E-state index contributed by atoms with van der Waals surface area (Å²) in [6.45, 7) is 0.226. The van der Waals surface area contributed by atoms with Crippen LogP contribution in [0.15, 0.2) is 28.6 Å². The van der Waals surface area contributed by atoms with Gasteiger partial charge in [0.25, 0.3) is 0 Å². The van der Waals surface area contributed by atoms with Crippen molar-refractivity contribution in [3.8, 4) is 11.5 Å². The monoisotopic (exact) mass is 570 g/mol. The van der Waals surface area contributed by atoms with Gasteiger partial charge in [-0.2, -0.15) is 8.78 Å². The van der Waals surface area contributed by atoms with E-state index in [2.05, 4.69) is 20.0 Å². The number of nitrogens with zero attached hydrogens (tertiary/aromatic N) is 3. The topological polar surface area (TPSA) is 68.2 Å². The number of hydrogen-bond acceptors (Lipinski definition) is 6. The van der Waals surface area contributed by atoms with Crippen LogP contribution in [0.25, 0.3) is 0 Å². The largest absolute Gasteiger partial charge is 0.493 e. The second-order valence-electron chi connectivity index (χ2n) is 6.50. The molecule has 0 saturated heterocycles. The van der Waals surface area contributed by atoms with Gasteiger partial charge in [-0.25, -0.2) is 4.98 Å². The summed E-state index contributed by atoms with van der Waals surface area (Å²) in [6.07, 6.45) is 0.567. The Kier molecular flexibility index (Phi) is 12.0. The van der Waals surface area contributed by atoms with Crippen molar-refractivity contribution < 1.29 is 23.0 Å². The Labute approximate surface area is 202 Å². The van der Waals surface area contributed by atoms with Gasteiger partial charge in [0.05, 0.1) is 19.3 Å². The van der Waals surface area contributed by atoms with Crippen LogP contribution in [-0.2, 0) is 17.7 Å². The molecule has 2 aromatic rings. The number of guanidine groups is 1. The highest BCUT2D eigenvalue weighted by Gasteiger charge is 2.14. The average molecular weight is 570 g/mol. The molecular formula is C20H29F2IN4O3S. The van der Waals surface area contributed by atoms with Crippen molar-refractivity contribution in [3.63, 3.8) is 0 Å². The highest BCUT2D eigenvalue weighted by molar-refractivity contribution is 14.0. The molecule has 0 aliphatic carbocycles. The molecule has 1 atom stereocenters. The summed E-state index contributed by atoms with van der Waals surface area (Å²) < 4.78 is 40.1. The lowest BCUT2D eigenvalue weighted by Gasteiger charge is -2.21. The first-order chi connectivity index (χ1) is 14.4. The van der Waals surface area contributed by atoms with Gasteiger partial charge in [-0.05, 0) is 31.0 Å². The molecule has 0 aliphatic rings. The maximum Gasteiger partial charge on any atom is 0.387 e. The second kappa shape index (κ2) is 13.6. The fourth-order valence-corrected chi connectivity index (χ4v) is 3.61. The first-order valence-corrected chi connectivity index (χ1v) is 10.3. The van der Waals surface area contributed by atoms with Gasteiger partial charge < -0.3 is 24.4 Å². The van der Waals surface area contributed by atoms with Crippen molar-refractivity contribution in [2.75, 3.05) is 34.9 Å². The summed E-state index contributed by atoms with van der Waals surface area (Å²) >= 11 is 1.57. The minimum Gasteiger partial charge on any atom is -0.493 e. The van der Waals surface area contributed by atoms with E-state index in [9.17, 15) is 8.78 Å². The Bertz CT molecular complexity index is 839. The summed E-state index contributed by atoms with van der Waals surface area (Å²) in [7, 11) is 6.71. The predicted molar refractivity (Wildman–Crippen MR) is 129 cm³/mol. The van der Waals surface area contributed by atoms with E-state index in [0.717, 1.165) is 16.3 Å². The molecular weight excluding hydrogens is 541 g/mol. The van der Waals surface area contributed by atoms with E-state index in [4.69, 9.17) is 9.47 Å². The van der Waals surface area contributed by atoms with E-state index >= 15 is 0 Å². The lowest BCUT2D eigenvalue weighted by Crippen LogP contribution is -2.39. The number of halogens is 3. The third-order valence-electron chi connectivity index (χ3n) is 4.38. The number of aromatic nitrogens is 1. The van der Waals surface area contributed by atoms with E-state index in [1.54, 1.807) is 37.6 Å². The van der Waals surface area contributed by atoms with E-state index in [1.807, 2.05) is 30.3 Å². The molecule has 11 heteroatoms. The molecule has 0 spiro atoms. The van der Waals surface area contributed by atoms with Crippen molar-refractivity contribution in [2.45, 2.75) is 32.6 Å². The Morgan fingerprint density at radius 3 is 2.65 bits per heavy atom. The summed E-state index contributed by atoms with van der Waals surface area (Å²) in [4.78, 5) is 10.9. The van der Waals surface area contributed by atoms with Crippen LogP contribution in [0.1, 0.15) is 29.3 Å². The molecule has 7 nitrogen and oxygen atoms in total. The SMILES string of the molecule is CN=C(NCCc1ccc(OC)c(OC(F)F)c1)N(C)Cc1csc(C(C)OC)n1.I. The zero-order valence-electron chi connectivity index (χ0n) is 18.2. The molecule has 0 radical (unpaired) electrons. The number of aliphatic imine (C=N–C) groups is 1. The van der Waals surface area contributed by atoms with Crippen LogP contribution in [0.2, 0.25) is 0 Å². The average Bonchev–Trinajstić information content (AvgIpc) is 3.18. The standard InChI is InChI=1S/C20H28F2N4O3S.HI/c1-13(27-4)18-25-15(12-30-18)11-26(3)20(23-2)24-9-8-14-6-7-16(28-5)17(10-14)29-19(21)22;/h6-7,10,12-13,19H,8-9,11H2,1-5H3,(H,23,24);1H. The van der Waals surface area contributed by atoms with Gasteiger partial charge in [0.1, 0.15) is 11.1 Å². The molecule has 0 bridgehead atoms. The van der Waals surface area contributed by atoms with Crippen molar-refractivity contribution in [1.82, 2.24) is 15.2 Å². The van der Waals surface area contributed by atoms with E-state index in [1.165, 1.54) is 7.11 Å². The molecule has 0 aliphatic heterocycles. The zero-order valence-corrected chi connectivity index (χ0v) is 21.4. The molecule has 1 aromatic carbocycles. The molecule has 2 rings (SSSR count). The molecule has 31 heavy (non-hydrogen) atoms. The number of hydrogen-bond donors (Lipinski definition) is 1. The lowest BCUT2D eigenvalue weighted by molar-refractivity contribution is -0.0512. The van der Waals surface area contributed by atoms with E-state index < -0.39 is 6.61 Å². The Morgan fingerprint density at radius 2 is 2.03 bits per heavy atom. The highest BCUT2D eigenvalue weighted by atomic mass is 127. The Balaban J connectivity index is 0.00000480. The number of methoxy groups -OCH3 is 2. The van der Waals surface area contributed by atoms with Gasteiger partial charge >= 0.3 is 6.61 Å². The summed E-state index contributed by atoms with van der Waals surface area (Å²) in [6, 6.07) is 5.00. The van der Waals surface area contributed by atoms with Crippen LogP contribution in [0.4, 0.5) is 8.78 Å². The molecule has 174 valence electrons. The van der Waals surface area contributed by atoms with Crippen molar-refractivity contribution in [3.05, 3.63) is 39.8 Å². The second-order valence-corrected chi connectivity index (χ2v) is 7.39.